The summed E-state index contributed by atoms with van der Waals surface area (Å²) < 4.78 is 0. The zero-order chi connectivity index (χ0) is 24.7. The number of primary amides is 1. The second-order valence-electron chi connectivity index (χ2n) is 9.60. The maximum atomic E-state index is 13.5. The predicted molar refractivity (Wildman–Crippen MR) is 120 cm³/mol. The summed E-state index contributed by atoms with van der Waals surface area (Å²) in [5.74, 6) is -6.40. The average Bonchev–Trinajstić information content (AvgIpc) is 2.75. The number of pyridine rings is 1. The molecule has 4 aliphatic rings. The van der Waals surface area contributed by atoms with Gasteiger partial charge in [-0.3, -0.25) is 24.1 Å². The Labute approximate surface area is 194 Å². The summed E-state index contributed by atoms with van der Waals surface area (Å²) in [6.45, 7) is 0. The summed E-state index contributed by atoms with van der Waals surface area (Å²) in [7, 11) is 3.18. The monoisotopic (exact) mass is 467 g/mol. The zero-order valence-corrected chi connectivity index (χ0v) is 18.7. The summed E-state index contributed by atoms with van der Waals surface area (Å²) in [4.78, 5) is 55.9. The van der Waals surface area contributed by atoms with Crippen LogP contribution in [0, 0.1) is 11.8 Å². The highest BCUT2D eigenvalue weighted by Crippen LogP contribution is 2.51. The lowest BCUT2D eigenvalue weighted by molar-refractivity contribution is -0.148. The number of likely N-dealkylation sites (N-methyl/N-ethyl adjacent to an activating group) is 1. The topological polar surface area (TPSA) is 174 Å². The van der Waals surface area contributed by atoms with Crippen molar-refractivity contribution in [2.45, 2.75) is 37.3 Å². The Balaban J connectivity index is 1.75. The molecule has 1 aromatic heterocycles. The summed E-state index contributed by atoms with van der Waals surface area (Å²) in [6, 6.07) is -1.02. The number of aromatic nitrogens is 1. The molecule has 4 aliphatic carbocycles. The van der Waals surface area contributed by atoms with Crippen molar-refractivity contribution in [2.24, 2.45) is 17.6 Å². The van der Waals surface area contributed by atoms with Crippen LogP contribution < -0.4 is 11.3 Å². The number of aliphatic hydroxyl groups is 3. The van der Waals surface area contributed by atoms with Crippen LogP contribution in [0.25, 0.3) is 6.08 Å². The van der Waals surface area contributed by atoms with Gasteiger partial charge in [-0.05, 0) is 56.8 Å². The first kappa shape index (κ1) is 22.3. The lowest BCUT2D eigenvalue weighted by Gasteiger charge is -2.50. The fourth-order valence-electron chi connectivity index (χ4n) is 6.15. The number of aromatic amines is 1. The first-order valence-corrected chi connectivity index (χ1v) is 11.1. The van der Waals surface area contributed by atoms with Crippen molar-refractivity contribution >= 4 is 23.5 Å². The molecule has 178 valence electrons. The van der Waals surface area contributed by atoms with E-state index in [4.69, 9.17) is 5.73 Å². The van der Waals surface area contributed by atoms with E-state index in [2.05, 4.69) is 4.98 Å². The highest BCUT2D eigenvalue weighted by atomic mass is 16.3. The van der Waals surface area contributed by atoms with E-state index < -0.39 is 63.6 Å². The number of nitrogens with zero attached hydrogens (tertiary/aromatic N) is 1. The van der Waals surface area contributed by atoms with Crippen LogP contribution in [0.3, 0.4) is 0 Å². The lowest BCUT2D eigenvalue weighted by Crippen LogP contribution is -2.64. The molecule has 0 bridgehead atoms. The molecule has 1 heterocycles. The van der Waals surface area contributed by atoms with E-state index in [-0.39, 0.29) is 24.0 Å². The number of ketones is 2. The van der Waals surface area contributed by atoms with Gasteiger partial charge in [0.15, 0.2) is 11.4 Å². The van der Waals surface area contributed by atoms with Crippen LogP contribution in [0.2, 0.25) is 0 Å². The molecule has 0 fully saturated rings. The van der Waals surface area contributed by atoms with Crippen molar-refractivity contribution in [3.8, 4) is 0 Å². The molecule has 4 atom stereocenters. The lowest BCUT2D eigenvalue weighted by atomic mass is 9.58. The van der Waals surface area contributed by atoms with Gasteiger partial charge in [0, 0.05) is 17.2 Å². The third-order valence-corrected chi connectivity index (χ3v) is 7.60. The Hall–Kier alpha value is -3.50. The van der Waals surface area contributed by atoms with E-state index >= 15 is 0 Å². The Morgan fingerprint density at radius 3 is 2.59 bits per heavy atom. The smallest absolute Gasteiger partial charge is 0.259 e. The number of hydrogen-bond acceptors (Lipinski definition) is 8. The Kier molecular flexibility index (Phi) is 4.75. The molecule has 0 saturated heterocycles. The molecular formula is C24H25N3O7. The van der Waals surface area contributed by atoms with Gasteiger partial charge >= 0.3 is 0 Å². The van der Waals surface area contributed by atoms with E-state index in [1.54, 1.807) is 14.1 Å². The second-order valence-corrected chi connectivity index (χ2v) is 9.60. The van der Waals surface area contributed by atoms with Gasteiger partial charge in [0.2, 0.25) is 5.78 Å². The molecule has 10 nitrogen and oxygen atoms in total. The fourth-order valence-corrected chi connectivity index (χ4v) is 6.15. The zero-order valence-electron chi connectivity index (χ0n) is 18.7. The van der Waals surface area contributed by atoms with Gasteiger partial charge in [-0.15, -0.1) is 0 Å². The van der Waals surface area contributed by atoms with Crippen LogP contribution in [-0.4, -0.2) is 68.4 Å². The first-order chi connectivity index (χ1) is 16.0. The van der Waals surface area contributed by atoms with Crippen molar-refractivity contribution < 1.29 is 29.7 Å². The number of carbonyl (C=O) groups excluding carboxylic acids is 3. The molecule has 0 aliphatic heterocycles. The quantitative estimate of drug-likeness (QED) is 0.380. The molecule has 1 aromatic rings. The molecule has 1 amide bonds. The van der Waals surface area contributed by atoms with Gasteiger partial charge in [-0.2, -0.15) is 0 Å². The molecule has 6 N–H and O–H groups in total. The molecule has 2 unspecified atom stereocenters. The highest BCUT2D eigenvalue weighted by Gasteiger charge is 2.63. The highest BCUT2D eigenvalue weighted by molar-refractivity contribution is 6.24. The molecule has 10 heteroatoms. The van der Waals surface area contributed by atoms with Gasteiger partial charge in [-0.1, -0.05) is 12.2 Å². The van der Waals surface area contributed by atoms with E-state index in [1.807, 2.05) is 12.2 Å². The minimum absolute atomic E-state index is 0.0526. The number of nitrogens with one attached hydrogen (secondary N) is 1. The number of H-pyrrole nitrogens is 1. The number of carbonyl (C=O) groups is 3. The summed E-state index contributed by atoms with van der Waals surface area (Å²) in [5.41, 5.74) is 3.03. The molecule has 0 saturated carbocycles. The van der Waals surface area contributed by atoms with E-state index in [0.29, 0.717) is 12.0 Å². The number of fused-ring (bicyclic) bond motifs is 5. The van der Waals surface area contributed by atoms with Crippen molar-refractivity contribution in [2.75, 3.05) is 14.1 Å². The molecule has 0 aromatic carbocycles. The van der Waals surface area contributed by atoms with Crippen LogP contribution >= 0.6 is 0 Å². The number of rotatable bonds is 2. The third-order valence-electron chi connectivity index (χ3n) is 7.60. The Morgan fingerprint density at radius 1 is 1.24 bits per heavy atom. The van der Waals surface area contributed by atoms with Gasteiger partial charge < -0.3 is 26.0 Å². The maximum absolute atomic E-state index is 13.5. The Morgan fingerprint density at radius 2 is 1.94 bits per heavy atom. The normalized spacial score (nSPS) is 30.2. The number of amides is 1. The van der Waals surface area contributed by atoms with Crippen molar-refractivity contribution in [1.29, 1.82) is 0 Å². The summed E-state index contributed by atoms with van der Waals surface area (Å²) in [5, 5.41) is 33.6. The van der Waals surface area contributed by atoms with E-state index in [9.17, 15) is 34.5 Å². The fraction of sp³-hybridized carbons (Fsp3) is 0.417. The van der Waals surface area contributed by atoms with E-state index in [0.717, 1.165) is 17.7 Å². The molecule has 34 heavy (non-hydrogen) atoms. The number of aliphatic hydroxyl groups excluding tert-OH is 2. The van der Waals surface area contributed by atoms with Gasteiger partial charge in [0.05, 0.1) is 11.6 Å². The average molecular weight is 467 g/mol. The standard InChI is InChI=1S/C24H25N3O7/c1-27(2)17-12-8-9-7-11-10-5-3-4-6-13(10)26-23(33)15(11)18(28)14(9)20(30)24(12,34)21(31)16(19(17)29)22(25)32/h3,5,9,12,17,29-30,34H,4,6-8H2,1-2H3,(H2,25,32)(H,26,33)/t9?,12?,17-,24-/m0/s1. The number of Topliss-reactive ketones (excluding diaryl/α,β-unsaturated/α-hetero) is 2. The molecule has 0 radical (unpaired) electrons. The molecular weight excluding hydrogens is 442 g/mol. The second kappa shape index (κ2) is 7.25. The van der Waals surface area contributed by atoms with Crippen LogP contribution in [0.5, 0.6) is 0 Å². The molecule has 0 spiro atoms. The number of allylic oxidation sites excluding steroid dienone is 2. The van der Waals surface area contributed by atoms with Gasteiger partial charge in [0.25, 0.3) is 11.5 Å². The van der Waals surface area contributed by atoms with Crippen LogP contribution in [0.4, 0.5) is 0 Å². The number of nitrogens with two attached hydrogens (primary N) is 1. The van der Waals surface area contributed by atoms with Crippen LogP contribution in [0.1, 0.15) is 40.0 Å². The minimum Gasteiger partial charge on any atom is -0.510 e. The van der Waals surface area contributed by atoms with Crippen LogP contribution in [0.15, 0.2) is 33.5 Å². The van der Waals surface area contributed by atoms with E-state index in [1.165, 1.54) is 4.90 Å². The molecule has 5 rings (SSSR count). The van der Waals surface area contributed by atoms with Crippen molar-refractivity contribution in [3.63, 3.8) is 0 Å². The maximum Gasteiger partial charge on any atom is 0.259 e. The largest absolute Gasteiger partial charge is 0.510 e. The summed E-state index contributed by atoms with van der Waals surface area (Å²) >= 11 is 0. The Bertz CT molecular complexity index is 1330. The van der Waals surface area contributed by atoms with Crippen molar-refractivity contribution in [3.05, 3.63) is 61.5 Å². The first-order valence-electron chi connectivity index (χ1n) is 11.1. The van der Waals surface area contributed by atoms with Gasteiger partial charge in [-0.25, -0.2) is 0 Å². The number of aryl methyl sites for hydroxylation is 1. The van der Waals surface area contributed by atoms with Gasteiger partial charge in [0.1, 0.15) is 17.1 Å². The van der Waals surface area contributed by atoms with Crippen LogP contribution in [-0.2, 0) is 22.4 Å². The minimum atomic E-state index is -2.65. The number of hydrogen-bond donors (Lipinski definition) is 5. The third kappa shape index (κ3) is 2.69. The van der Waals surface area contributed by atoms with Crippen molar-refractivity contribution in [1.82, 2.24) is 9.88 Å². The SMILES string of the molecule is CN(C)[C@@H]1C(O)=C(C(N)=O)C(=O)[C@@]2(O)C(O)=C3C(=O)c4c(c5c([nH]c4=O)CCC=C5)CC3CC12. The summed E-state index contributed by atoms with van der Waals surface area (Å²) in [6.07, 6.45) is 5.52. The predicted octanol–water partition coefficient (Wildman–Crippen LogP) is 0.0627.